The van der Waals surface area contributed by atoms with Crippen LogP contribution in [0.3, 0.4) is 0 Å². The van der Waals surface area contributed by atoms with Crippen LogP contribution in [0.15, 0.2) is 24.3 Å². The van der Waals surface area contributed by atoms with Crippen LogP contribution in [0.5, 0.6) is 0 Å². The number of aryl methyl sites for hydroxylation is 1. The van der Waals surface area contributed by atoms with E-state index in [9.17, 15) is 0 Å². The molecule has 1 atom stereocenters. The van der Waals surface area contributed by atoms with E-state index in [0.29, 0.717) is 12.0 Å². The van der Waals surface area contributed by atoms with Crippen LogP contribution >= 0.6 is 0 Å². The maximum Gasteiger partial charge on any atom is 0.00104 e. The zero-order valence-corrected chi connectivity index (χ0v) is 11.1. The van der Waals surface area contributed by atoms with Crippen LogP contribution in [-0.2, 0) is 12.8 Å². The molecule has 0 bridgehead atoms. The molecule has 0 spiro atoms. The molecular weight excluding hydrogens is 194 g/mol. The number of rotatable bonds is 6. The Hall–Kier alpha value is -0.820. The lowest BCUT2D eigenvalue weighted by atomic mass is 9.98. The Bertz CT molecular complexity index is 304. The van der Waals surface area contributed by atoms with Gasteiger partial charge < -0.3 is 5.32 Å². The summed E-state index contributed by atoms with van der Waals surface area (Å²) in [6, 6.07) is 9.55. The van der Waals surface area contributed by atoms with Crippen molar-refractivity contribution in [2.45, 2.75) is 46.6 Å². The first-order valence-corrected chi connectivity index (χ1v) is 6.43. The lowest BCUT2D eigenvalue weighted by molar-refractivity contribution is 0.476. The van der Waals surface area contributed by atoms with E-state index in [2.05, 4.69) is 57.3 Å². The molecule has 1 rings (SSSR count). The third-order valence-corrected chi connectivity index (χ3v) is 2.86. The average molecular weight is 219 g/mol. The van der Waals surface area contributed by atoms with Crippen molar-refractivity contribution in [1.82, 2.24) is 5.32 Å². The fourth-order valence-corrected chi connectivity index (χ4v) is 1.89. The van der Waals surface area contributed by atoms with Crippen LogP contribution in [0.25, 0.3) is 0 Å². The van der Waals surface area contributed by atoms with E-state index in [-0.39, 0.29) is 0 Å². The Kier molecular flexibility index (Phi) is 5.54. The van der Waals surface area contributed by atoms with Crippen molar-refractivity contribution in [2.75, 3.05) is 6.54 Å². The van der Waals surface area contributed by atoms with E-state index in [1.54, 1.807) is 0 Å². The van der Waals surface area contributed by atoms with Gasteiger partial charge in [0, 0.05) is 6.04 Å². The van der Waals surface area contributed by atoms with Crippen LogP contribution < -0.4 is 5.32 Å². The van der Waals surface area contributed by atoms with Crippen molar-refractivity contribution in [3.63, 3.8) is 0 Å². The van der Waals surface area contributed by atoms with Gasteiger partial charge in [-0.1, -0.05) is 52.0 Å². The molecule has 0 aliphatic heterocycles. The molecule has 1 N–H and O–H groups in total. The summed E-state index contributed by atoms with van der Waals surface area (Å²) < 4.78 is 0. The van der Waals surface area contributed by atoms with E-state index in [4.69, 9.17) is 0 Å². The zero-order chi connectivity index (χ0) is 12.0. The minimum Gasteiger partial charge on any atom is -0.314 e. The lowest BCUT2D eigenvalue weighted by Crippen LogP contribution is -2.28. The molecule has 0 fully saturated rings. The van der Waals surface area contributed by atoms with Gasteiger partial charge >= 0.3 is 0 Å². The van der Waals surface area contributed by atoms with Crippen LogP contribution in [0.1, 0.15) is 38.8 Å². The molecule has 0 aromatic heterocycles. The van der Waals surface area contributed by atoms with Crippen LogP contribution in [0.2, 0.25) is 0 Å². The first-order valence-electron chi connectivity index (χ1n) is 6.43. The van der Waals surface area contributed by atoms with Crippen LogP contribution in [-0.4, -0.2) is 12.6 Å². The van der Waals surface area contributed by atoms with Crippen molar-refractivity contribution in [1.29, 1.82) is 0 Å². The van der Waals surface area contributed by atoms with Crippen molar-refractivity contribution in [2.24, 2.45) is 5.92 Å². The third kappa shape index (κ3) is 4.80. The predicted octanol–water partition coefficient (Wildman–Crippen LogP) is 3.43. The van der Waals surface area contributed by atoms with Gasteiger partial charge in [0.2, 0.25) is 0 Å². The maximum atomic E-state index is 3.49. The third-order valence-electron chi connectivity index (χ3n) is 2.86. The molecular formula is C15H25N. The molecule has 0 aliphatic rings. The summed E-state index contributed by atoms with van der Waals surface area (Å²) in [5, 5.41) is 3.49. The zero-order valence-electron chi connectivity index (χ0n) is 11.1. The molecule has 90 valence electrons. The highest BCUT2D eigenvalue weighted by atomic mass is 14.9. The second-order valence-corrected chi connectivity index (χ2v) is 5.05. The molecule has 1 nitrogen and oxygen atoms in total. The van der Waals surface area contributed by atoms with Crippen LogP contribution in [0, 0.1) is 5.92 Å². The van der Waals surface area contributed by atoms with Gasteiger partial charge in [0.25, 0.3) is 0 Å². The van der Waals surface area contributed by atoms with E-state index in [0.717, 1.165) is 13.0 Å². The van der Waals surface area contributed by atoms with E-state index in [1.807, 2.05) is 0 Å². The van der Waals surface area contributed by atoms with Gasteiger partial charge in [-0.3, -0.25) is 0 Å². The summed E-state index contributed by atoms with van der Waals surface area (Å²) in [4.78, 5) is 0. The van der Waals surface area contributed by atoms with E-state index >= 15 is 0 Å². The summed E-state index contributed by atoms with van der Waals surface area (Å²) in [6.45, 7) is 10.0. The van der Waals surface area contributed by atoms with Gasteiger partial charge in [0.1, 0.15) is 0 Å². The Labute approximate surface area is 100 Å². The van der Waals surface area contributed by atoms with Gasteiger partial charge in [-0.05, 0) is 36.4 Å². The SMILES string of the molecule is CCc1cccc(CC(C)CNC(C)C)c1. The summed E-state index contributed by atoms with van der Waals surface area (Å²) in [5.41, 5.74) is 2.92. The van der Waals surface area contributed by atoms with Crippen molar-refractivity contribution < 1.29 is 0 Å². The van der Waals surface area contributed by atoms with Gasteiger partial charge in [-0.15, -0.1) is 0 Å². The minimum absolute atomic E-state index is 0.587. The molecule has 0 heterocycles. The Morgan fingerprint density at radius 3 is 2.44 bits per heavy atom. The Morgan fingerprint density at radius 1 is 1.12 bits per heavy atom. The van der Waals surface area contributed by atoms with Gasteiger partial charge in [0.05, 0.1) is 0 Å². The second kappa shape index (κ2) is 6.70. The van der Waals surface area contributed by atoms with Gasteiger partial charge in [0.15, 0.2) is 0 Å². The molecule has 0 amide bonds. The number of benzene rings is 1. The van der Waals surface area contributed by atoms with Crippen LogP contribution in [0.4, 0.5) is 0 Å². The highest BCUT2D eigenvalue weighted by Crippen LogP contribution is 2.11. The lowest BCUT2D eigenvalue weighted by Gasteiger charge is -2.15. The molecule has 16 heavy (non-hydrogen) atoms. The largest absolute Gasteiger partial charge is 0.314 e. The number of nitrogens with one attached hydrogen (secondary N) is 1. The van der Waals surface area contributed by atoms with Crippen molar-refractivity contribution >= 4 is 0 Å². The smallest absolute Gasteiger partial charge is 0.00104 e. The normalized spacial score (nSPS) is 13.1. The predicted molar refractivity (Wildman–Crippen MR) is 71.8 cm³/mol. The molecule has 0 radical (unpaired) electrons. The van der Waals surface area contributed by atoms with E-state index < -0.39 is 0 Å². The molecule has 0 saturated carbocycles. The summed E-state index contributed by atoms with van der Waals surface area (Å²) >= 11 is 0. The van der Waals surface area contributed by atoms with Crippen molar-refractivity contribution in [3.8, 4) is 0 Å². The average Bonchev–Trinajstić information content (AvgIpc) is 2.26. The molecule has 1 heteroatoms. The quantitative estimate of drug-likeness (QED) is 0.773. The fourth-order valence-electron chi connectivity index (χ4n) is 1.89. The molecule has 1 aromatic carbocycles. The summed E-state index contributed by atoms with van der Waals surface area (Å²) in [7, 11) is 0. The topological polar surface area (TPSA) is 12.0 Å². The minimum atomic E-state index is 0.587. The molecule has 0 aliphatic carbocycles. The standard InChI is InChI=1S/C15H25N/c1-5-14-7-6-8-15(10-14)9-13(4)11-16-12(2)3/h6-8,10,12-13,16H,5,9,11H2,1-4H3. The first kappa shape index (κ1) is 13.2. The number of hydrogen-bond acceptors (Lipinski definition) is 1. The Balaban J connectivity index is 2.45. The van der Waals surface area contributed by atoms with Gasteiger partial charge in [-0.2, -0.15) is 0 Å². The highest BCUT2D eigenvalue weighted by molar-refractivity contribution is 5.23. The fraction of sp³-hybridized carbons (Fsp3) is 0.600. The monoisotopic (exact) mass is 219 g/mol. The van der Waals surface area contributed by atoms with E-state index in [1.165, 1.54) is 17.5 Å². The molecule has 1 unspecified atom stereocenters. The van der Waals surface area contributed by atoms with Crippen molar-refractivity contribution in [3.05, 3.63) is 35.4 Å². The number of hydrogen-bond donors (Lipinski definition) is 1. The maximum absolute atomic E-state index is 3.49. The summed E-state index contributed by atoms with van der Waals surface area (Å²) in [5.74, 6) is 0.703. The first-order chi connectivity index (χ1) is 7.61. The molecule has 0 saturated heterocycles. The highest BCUT2D eigenvalue weighted by Gasteiger charge is 2.04. The van der Waals surface area contributed by atoms with Gasteiger partial charge in [-0.25, -0.2) is 0 Å². The Morgan fingerprint density at radius 2 is 1.81 bits per heavy atom. The molecule has 1 aromatic rings. The second-order valence-electron chi connectivity index (χ2n) is 5.05. The summed E-state index contributed by atoms with van der Waals surface area (Å²) in [6.07, 6.45) is 2.31.